The second kappa shape index (κ2) is 9.30. The zero-order chi connectivity index (χ0) is 15.6. The molecule has 122 valence electrons. The molecule has 1 amide bonds. The van der Waals surface area contributed by atoms with Gasteiger partial charge in [0.1, 0.15) is 11.5 Å². The minimum absolute atomic E-state index is 0.127. The van der Waals surface area contributed by atoms with Crippen LogP contribution in [0.4, 0.5) is 0 Å². The molecule has 0 atom stereocenters. The van der Waals surface area contributed by atoms with Crippen LogP contribution in [-0.2, 0) is 4.79 Å². The lowest BCUT2D eigenvalue weighted by atomic mass is 10.1. The van der Waals surface area contributed by atoms with Crippen LogP contribution < -0.4 is 20.1 Å². The van der Waals surface area contributed by atoms with Crippen LogP contribution in [0.3, 0.4) is 0 Å². The summed E-state index contributed by atoms with van der Waals surface area (Å²) in [7, 11) is 0. The lowest BCUT2D eigenvalue weighted by Crippen LogP contribution is -2.42. The van der Waals surface area contributed by atoms with E-state index in [9.17, 15) is 4.79 Å². The summed E-state index contributed by atoms with van der Waals surface area (Å²) in [5.74, 6) is 1.78. The first-order valence-electron chi connectivity index (χ1n) is 8.13. The van der Waals surface area contributed by atoms with Gasteiger partial charge in [0, 0.05) is 12.5 Å². The van der Waals surface area contributed by atoms with Crippen molar-refractivity contribution < 1.29 is 14.3 Å². The first-order chi connectivity index (χ1) is 10.8. The Bertz CT molecular complexity index is 442. The summed E-state index contributed by atoms with van der Waals surface area (Å²) in [6.45, 7) is 5.15. The van der Waals surface area contributed by atoms with Crippen molar-refractivity contribution in [1.82, 2.24) is 10.6 Å². The Kier molecular flexibility index (Phi) is 7.03. The summed E-state index contributed by atoms with van der Waals surface area (Å²) >= 11 is 0. The molecule has 1 aliphatic rings. The van der Waals surface area contributed by atoms with E-state index in [2.05, 4.69) is 10.6 Å². The molecule has 0 saturated carbocycles. The minimum atomic E-state index is 0.127. The fraction of sp³-hybridized carbons (Fsp3) is 0.588. The maximum atomic E-state index is 11.8. The van der Waals surface area contributed by atoms with Crippen molar-refractivity contribution in [3.63, 3.8) is 0 Å². The smallest absolute Gasteiger partial charge is 0.220 e. The lowest BCUT2D eigenvalue weighted by Gasteiger charge is -2.23. The highest BCUT2D eigenvalue weighted by Crippen LogP contribution is 2.17. The molecular formula is C17H26N2O3. The zero-order valence-corrected chi connectivity index (χ0v) is 13.3. The number of amides is 1. The third-order valence-corrected chi connectivity index (χ3v) is 3.66. The van der Waals surface area contributed by atoms with E-state index in [-0.39, 0.29) is 5.91 Å². The molecule has 22 heavy (non-hydrogen) atoms. The number of carbonyl (C=O) groups is 1. The topological polar surface area (TPSA) is 59.6 Å². The van der Waals surface area contributed by atoms with Gasteiger partial charge in [-0.1, -0.05) is 0 Å². The van der Waals surface area contributed by atoms with Crippen molar-refractivity contribution in [1.29, 1.82) is 0 Å². The molecule has 2 rings (SSSR count). The summed E-state index contributed by atoms with van der Waals surface area (Å²) in [6.07, 6.45) is 3.29. The Morgan fingerprint density at radius 2 is 1.82 bits per heavy atom. The van der Waals surface area contributed by atoms with E-state index < -0.39 is 0 Å². The van der Waals surface area contributed by atoms with Crippen molar-refractivity contribution in [3.8, 4) is 11.5 Å². The summed E-state index contributed by atoms with van der Waals surface area (Å²) in [4.78, 5) is 11.8. The molecule has 2 N–H and O–H groups in total. The van der Waals surface area contributed by atoms with Gasteiger partial charge in [-0.05, 0) is 63.5 Å². The Morgan fingerprint density at radius 1 is 1.18 bits per heavy atom. The van der Waals surface area contributed by atoms with Gasteiger partial charge < -0.3 is 20.1 Å². The molecule has 0 bridgehead atoms. The van der Waals surface area contributed by atoms with Crippen molar-refractivity contribution in [2.24, 2.45) is 0 Å². The number of ether oxygens (including phenoxy) is 2. The molecule has 1 fully saturated rings. The molecular weight excluding hydrogens is 280 g/mol. The molecule has 5 heteroatoms. The van der Waals surface area contributed by atoms with Gasteiger partial charge in [-0.3, -0.25) is 4.79 Å². The van der Waals surface area contributed by atoms with Gasteiger partial charge in [0.25, 0.3) is 0 Å². The molecule has 1 heterocycles. The quantitative estimate of drug-likeness (QED) is 0.722. The fourth-order valence-corrected chi connectivity index (χ4v) is 2.49. The zero-order valence-electron chi connectivity index (χ0n) is 13.3. The van der Waals surface area contributed by atoms with Crippen LogP contribution in [0, 0.1) is 0 Å². The number of benzene rings is 1. The van der Waals surface area contributed by atoms with E-state index in [0.29, 0.717) is 25.7 Å². The molecule has 0 spiro atoms. The molecule has 0 aromatic heterocycles. The standard InChI is InChI=1S/C17H26N2O3/c1-2-21-15-5-7-16(8-6-15)22-13-3-4-17(20)19-14-9-11-18-12-10-14/h5-8,14,18H,2-4,9-13H2,1H3,(H,19,20). The Balaban J connectivity index is 1.58. The van der Waals surface area contributed by atoms with E-state index in [1.807, 2.05) is 31.2 Å². The summed E-state index contributed by atoms with van der Waals surface area (Å²) in [6, 6.07) is 7.90. The maximum Gasteiger partial charge on any atom is 0.220 e. The first-order valence-corrected chi connectivity index (χ1v) is 8.13. The Labute approximate surface area is 132 Å². The number of nitrogens with one attached hydrogen (secondary N) is 2. The van der Waals surface area contributed by atoms with Crippen molar-refractivity contribution >= 4 is 5.91 Å². The third-order valence-electron chi connectivity index (χ3n) is 3.66. The van der Waals surface area contributed by atoms with E-state index in [4.69, 9.17) is 9.47 Å². The predicted molar refractivity (Wildman–Crippen MR) is 86.4 cm³/mol. The summed E-state index contributed by atoms with van der Waals surface area (Å²) in [5, 5.41) is 6.38. The molecule has 1 saturated heterocycles. The van der Waals surface area contributed by atoms with Crippen molar-refractivity contribution in [2.45, 2.75) is 38.6 Å². The molecule has 0 radical (unpaired) electrons. The first kappa shape index (κ1) is 16.6. The van der Waals surface area contributed by atoms with E-state index >= 15 is 0 Å². The fourth-order valence-electron chi connectivity index (χ4n) is 2.49. The highest BCUT2D eigenvalue weighted by molar-refractivity contribution is 5.76. The van der Waals surface area contributed by atoms with Crippen molar-refractivity contribution in [2.75, 3.05) is 26.3 Å². The molecule has 1 aromatic carbocycles. The summed E-state index contributed by atoms with van der Waals surface area (Å²) < 4.78 is 11.0. The van der Waals surface area contributed by atoms with Crippen LogP contribution >= 0.6 is 0 Å². The SMILES string of the molecule is CCOc1ccc(OCCCC(=O)NC2CCNCC2)cc1. The highest BCUT2D eigenvalue weighted by atomic mass is 16.5. The van der Waals surface area contributed by atoms with Gasteiger partial charge in [-0.2, -0.15) is 0 Å². The van der Waals surface area contributed by atoms with Crippen LogP contribution in [0.2, 0.25) is 0 Å². The van der Waals surface area contributed by atoms with E-state index in [0.717, 1.165) is 43.9 Å². The lowest BCUT2D eigenvalue weighted by molar-refractivity contribution is -0.122. The van der Waals surface area contributed by atoms with Crippen LogP contribution in [-0.4, -0.2) is 38.3 Å². The van der Waals surface area contributed by atoms with Crippen LogP contribution in [0.15, 0.2) is 24.3 Å². The van der Waals surface area contributed by atoms with Gasteiger partial charge in [-0.15, -0.1) is 0 Å². The number of rotatable bonds is 8. The number of carbonyl (C=O) groups excluding carboxylic acids is 1. The van der Waals surface area contributed by atoms with Crippen LogP contribution in [0.1, 0.15) is 32.6 Å². The minimum Gasteiger partial charge on any atom is -0.494 e. The second-order valence-corrected chi connectivity index (χ2v) is 5.45. The monoisotopic (exact) mass is 306 g/mol. The van der Waals surface area contributed by atoms with Gasteiger partial charge >= 0.3 is 0 Å². The normalized spacial score (nSPS) is 15.3. The Morgan fingerprint density at radius 3 is 2.45 bits per heavy atom. The largest absolute Gasteiger partial charge is 0.494 e. The number of hydrogen-bond acceptors (Lipinski definition) is 4. The average molecular weight is 306 g/mol. The number of hydrogen-bond donors (Lipinski definition) is 2. The third kappa shape index (κ3) is 5.93. The maximum absolute atomic E-state index is 11.8. The van der Waals surface area contributed by atoms with Gasteiger partial charge in [0.2, 0.25) is 5.91 Å². The molecule has 0 aliphatic carbocycles. The van der Waals surface area contributed by atoms with E-state index in [1.165, 1.54) is 0 Å². The molecule has 1 aromatic rings. The average Bonchev–Trinajstić information content (AvgIpc) is 2.54. The van der Waals surface area contributed by atoms with E-state index in [1.54, 1.807) is 0 Å². The van der Waals surface area contributed by atoms with Gasteiger partial charge in [0.05, 0.1) is 13.2 Å². The summed E-state index contributed by atoms with van der Waals surface area (Å²) in [5.41, 5.74) is 0. The Hall–Kier alpha value is -1.75. The molecule has 1 aliphatic heterocycles. The van der Waals surface area contributed by atoms with Gasteiger partial charge in [-0.25, -0.2) is 0 Å². The second-order valence-electron chi connectivity index (χ2n) is 5.45. The highest BCUT2D eigenvalue weighted by Gasteiger charge is 2.14. The van der Waals surface area contributed by atoms with Crippen molar-refractivity contribution in [3.05, 3.63) is 24.3 Å². The predicted octanol–water partition coefficient (Wildman–Crippen LogP) is 2.11. The van der Waals surface area contributed by atoms with Crippen LogP contribution in [0.25, 0.3) is 0 Å². The van der Waals surface area contributed by atoms with Crippen LogP contribution in [0.5, 0.6) is 11.5 Å². The molecule has 0 unspecified atom stereocenters. The van der Waals surface area contributed by atoms with Gasteiger partial charge in [0.15, 0.2) is 0 Å². The molecule has 5 nitrogen and oxygen atoms in total. The number of piperidine rings is 1.